The summed E-state index contributed by atoms with van der Waals surface area (Å²) in [7, 11) is 0. The van der Waals surface area contributed by atoms with Crippen LogP contribution in [0.2, 0.25) is 0 Å². The van der Waals surface area contributed by atoms with E-state index in [0.29, 0.717) is 42.9 Å². The molecule has 1 saturated heterocycles. The molecule has 15 heteroatoms. The number of likely N-dealkylation sites (tertiary alicyclic amines) is 1. The Morgan fingerprint density at radius 1 is 1.12 bits per heavy atom. The fourth-order valence-corrected chi connectivity index (χ4v) is 5.26. The molecule has 3 N–H and O–H groups in total. The summed E-state index contributed by atoms with van der Waals surface area (Å²) in [6, 6.07) is 1.72. The van der Waals surface area contributed by atoms with Gasteiger partial charge in [-0.3, -0.25) is 14.4 Å². The molecule has 1 fully saturated rings. The molecule has 0 bridgehead atoms. The fraction of sp³-hybridized carbons (Fsp3) is 0.520. The van der Waals surface area contributed by atoms with Crippen molar-refractivity contribution in [3.05, 3.63) is 40.0 Å². The Kier molecular flexibility index (Phi) is 8.34. The fourth-order valence-electron chi connectivity index (χ4n) is 4.20. The van der Waals surface area contributed by atoms with Crippen molar-refractivity contribution in [1.82, 2.24) is 15.2 Å². The Balaban J connectivity index is 2.11. The van der Waals surface area contributed by atoms with Gasteiger partial charge in [0.2, 0.25) is 0 Å². The van der Waals surface area contributed by atoms with E-state index in [9.17, 15) is 50.9 Å². The van der Waals surface area contributed by atoms with Crippen LogP contribution < -0.4 is 5.32 Å². The van der Waals surface area contributed by atoms with Crippen molar-refractivity contribution in [2.45, 2.75) is 64.5 Å². The highest BCUT2D eigenvalue weighted by Crippen LogP contribution is 2.50. The number of nitrogens with one attached hydrogen (secondary N) is 1. The van der Waals surface area contributed by atoms with Gasteiger partial charge in [-0.05, 0) is 51.7 Å². The first-order valence-corrected chi connectivity index (χ1v) is 12.8. The molecular formula is C25H27F6N3O5S. The number of amides is 2. The third kappa shape index (κ3) is 5.66. The predicted molar refractivity (Wildman–Crippen MR) is 132 cm³/mol. The maximum absolute atomic E-state index is 13.4. The van der Waals surface area contributed by atoms with Gasteiger partial charge < -0.3 is 20.4 Å². The van der Waals surface area contributed by atoms with E-state index in [2.05, 4.69) is 10.3 Å². The molecule has 1 atom stereocenters. The third-order valence-electron chi connectivity index (χ3n) is 6.82. The van der Waals surface area contributed by atoms with Crippen LogP contribution in [0.15, 0.2) is 18.2 Å². The minimum absolute atomic E-state index is 0.0263. The molecule has 2 heterocycles. The highest BCUT2D eigenvalue weighted by Gasteiger charge is 2.71. The summed E-state index contributed by atoms with van der Waals surface area (Å²) in [5.41, 5.74) is -8.27. The number of nitrogens with zero attached hydrogens (tertiary/aromatic N) is 2. The number of carbonyl (C=O) groups excluding carboxylic acids is 2. The molecule has 0 saturated carbocycles. The van der Waals surface area contributed by atoms with Crippen molar-refractivity contribution in [2.24, 2.45) is 5.41 Å². The molecule has 2 amide bonds. The lowest BCUT2D eigenvalue weighted by Crippen LogP contribution is -2.53. The molecule has 1 aliphatic rings. The Morgan fingerprint density at radius 2 is 1.73 bits per heavy atom. The van der Waals surface area contributed by atoms with Crippen LogP contribution in [0.4, 0.5) is 26.3 Å². The summed E-state index contributed by atoms with van der Waals surface area (Å²) >= 11 is 0.682. The number of carbonyl (C=O) groups is 3. The number of rotatable bonds is 7. The first kappa shape index (κ1) is 31.3. The Hall–Kier alpha value is -3.20. The molecule has 40 heavy (non-hydrogen) atoms. The summed E-state index contributed by atoms with van der Waals surface area (Å²) in [5, 5.41) is 21.2. The smallest absolute Gasteiger partial charge is 0.430 e. The molecule has 1 aliphatic heterocycles. The lowest BCUT2D eigenvalue weighted by Gasteiger charge is -2.33. The van der Waals surface area contributed by atoms with Crippen LogP contribution in [0.3, 0.4) is 0 Å². The highest BCUT2D eigenvalue weighted by atomic mass is 32.1. The minimum atomic E-state index is -6.08. The van der Waals surface area contributed by atoms with Gasteiger partial charge in [-0.15, -0.1) is 11.3 Å². The van der Waals surface area contributed by atoms with Crippen LogP contribution in [0.5, 0.6) is 0 Å². The molecule has 3 rings (SSSR count). The highest BCUT2D eigenvalue weighted by molar-refractivity contribution is 7.17. The van der Waals surface area contributed by atoms with E-state index >= 15 is 0 Å². The normalized spacial score (nSPS) is 16.8. The second-order valence-electron chi connectivity index (χ2n) is 10.3. The first-order valence-electron chi connectivity index (χ1n) is 12.0. The molecule has 220 valence electrons. The molecule has 0 unspecified atom stereocenters. The number of aliphatic hydroxyl groups is 1. The molecule has 2 aromatic rings. The van der Waals surface area contributed by atoms with Crippen LogP contribution in [-0.4, -0.2) is 69.4 Å². The SMILES string of the molecule is Cc1cc(C(O)(C(F)(F)F)C(F)(F)F)ccc1-c1sc(C(=O)NCC(C)(C)C(=O)O)nc1C(=O)N1CCC[C@@H]1C. The quantitative estimate of drug-likeness (QED) is 0.392. The predicted octanol–water partition coefficient (Wildman–Crippen LogP) is 4.90. The number of aromatic nitrogens is 1. The van der Waals surface area contributed by atoms with E-state index in [-0.39, 0.29) is 39.3 Å². The lowest BCUT2D eigenvalue weighted by atomic mass is 9.89. The van der Waals surface area contributed by atoms with Crippen molar-refractivity contribution in [1.29, 1.82) is 0 Å². The molecule has 0 spiro atoms. The Labute approximate surface area is 229 Å². The largest absolute Gasteiger partial charge is 0.481 e. The molecular weight excluding hydrogens is 568 g/mol. The van der Waals surface area contributed by atoms with Crippen molar-refractivity contribution < 1.29 is 50.9 Å². The topological polar surface area (TPSA) is 120 Å². The number of thiazole rings is 1. The van der Waals surface area contributed by atoms with Gasteiger partial charge >= 0.3 is 18.3 Å². The van der Waals surface area contributed by atoms with Gasteiger partial charge in [-0.2, -0.15) is 26.3 Å². The molecule has 1 aromatic carbocycles. The van der Waals surface area contributed by atoms with E-state index in [4.69, 9.17) is 0 Å². The van der Waals surface area contributed by atoms with Crippen molar-refractivity contribution in [3.63, 3.8) is 0 Å². The first-order chi connectivity index (χ1) is 18.2. The average molecular weight is 596 g/mol. The number of halogens is 6. The number of carboxylic acid groups (broad SMARTS) is 1. The minimum Gasteiger partial charge on any atom is -0.481 e. The summed E-state index contributed by atoms with van der Waals surface area (Å²) in [4.78, 5) is 43.3. The molecule has 1 aromatic heterocycles. The maximum atomic E-state index is 13.4. The van der Waals surface area contributed by atoms with Crippen molar-refractivity contribution >= 4 is 29.1 Å². The second kappa shape index (κ2) is 10.7. The van der Waals surface area contributed by atoms with Gasteiger partial charge in [-0.25, -0.2) is 4.98 Å². The second-order valence-corrected chi connectivity index (χ2v) is 11.3. The van der Waals surface area contributed by atoms with Crippen LogP contribution >= 0.6 is 11.3 Å². The number of carboxylic acids is 1. The third-order valence-corrected chi connectivity index (χ3v) is 7.90. The van der Waals surface area contributed by atoms with Gasteiger partial charge in [0.15, 0.2) is 5.01 Å². The summed E-state index contributed by atoms with van der Waals surface area (Å²) in [6.45, 7) is 5.85. The Morgan fingerprint density at radius 3 is 2.20 bits per heavy atom. The van der Waals surface area contributed by atoms with Gasteiger partial charge in [0.05, 0.1) is 10.3 Å². The van der Waals surface area contributed by atoms with E-state index in [0.717, 1.165) is 6.07 Å². The van der Waals surface area contributed by atoms with Crippen LogP contribution in [0.25, 0.3) is 10.4 Å². The molecule has 0 aliphatic carbocycles. The number of hydrogen-bond acceptors (Lipinski definition) is 6. The molecule has 0 radical (unpaired) electrons. The van der Waals surface area contributed by atoms with E-state index in [1.807, 2.05) is 0 Å². The number of aryl methyl sites for hydroxylation is 1. The van der Waals surface area contributed by atoms with E-state index < -0.39 is 46.7 Å². The van der Waals surface area contributed by atoms with Crippen molar-refractivity contribution in [3.8, 4) is 10.4 Å². The zero-order chi connectivity index (χ0) is 30.4. The number of alkyl halides is 6. The summed E-state index contributed by atoms with van der Waals surface area (Å²) in [5.74, 6) is -2.57. The number of aliphatic carboxylic acids is 1. The van der Waals surface area contributed by atoms with Gasteiger partial charge in [0.1, 0.15) is 5.69 Å². The van der Waals surface area contributed by atoms with E-state index in [1.165, 1.54) is 25.7 Å². The maximum Gasteiger partial charge on any atom is 0.430 e. The monoisotopic (exact) mass is 595 g/mol. The standard InChI is InChI=1S/C25H27F6N3O5S/c1-12-10-14(23(39,24(26,27)28)25(29,30)31)7-8-15(12)17-16(20(36)34-9-5-6-13(34)2)33-19(40-17)18(35)32-11-22(3,4)21(37)38/h7-8,10,13,39H,5-6,9,11H2,1-4H3,(H,32,35)(H,37,38)/t13-/m0/s1. The van der Waals surface area contributed by atoms with Gasteiger partial charge in [-0.1, -0.05) is 18.2 Å². The van der Waals surface area contributed by atoms with Gasteiger partial charge in [0.25, 0.3) is 17.4 Å². The lowest BCUT2D eigenvalue weighted by molar-refractivity contribution is -0.376. The summed E-state index contributed by atoms with van der Waals surface area (Å²) < 4.78 is 80.5. The van der Waals surface area contributed by atoms with Crippen LogP contribution in [0, 0.1) is 12.3 Å². The van der Waals surface area contributed by atoms with Gasteiger partial charge in [0, 0.05) is 24.7 Å². The number of benzene rings is 1. The van der Waals surface area contributed by atoms with Crippen LogP contribution in [0.1, 0.15) is 65.0 Å². The Bertz CT molecular complexity index is 1310. The molecule has 8 nitrogen and oxygen atoms in total. The number of hydrogen-bond donors (Lipinski definition) is 3. The van der Waals surface area contributed by atoms with Crippen molar-refractivity contribution in [2.75, 3.05) is 13.1 Å². The van der Waals surface area contributed by atoms with Crippen LogP contribution in [-0.2, 0) is 10.4 Å². The zero-order valence-electron chi connectivity index (χ0n) is 21.8. The summed E-state index contributed by atoms with van der Waals surface area (Å²) in [6.07, 6.45) is -10.8. The average Bonchev–Trinajstić information content (AvgIpc) is 3.46. The zero-order valence-corrected chi connectivity index (χ0v) is 22.6. The van der Waals surface area contributed by atoms with E-state index in [1.54, 1.807) is 6.92 Å².